The molecule has 0 aliphatic rings. The summed E-state index contributed by atoms with van der Waals surface area (Å²) in [5.41, 5.74) is 3.41. The van der Waals surface area contributed by atoms with E-state index >= 15 is 0 Å². The predicted molar refractivity (Wildman–Crippen MR) is 120 cm³/mol. The van der Waals surface area contributed by atoms with E-state index in [0.717, 1.165) is 46.8 Å². The van der Waals surface area contributed by atoms with Crippen LogP contribution in [0.4, 0.5) is 17.3 Å². The van der Waals surface area contributed by atoms with Gasteiger partial charge in [0.05, 0.1) is 5.69 Å². The summed E-state index contributed by atoms with van der Waals surface area (Å²) in [7, 11) is 0. The molecule has 7 heteroatoms. The normalized spacial score (nSPS) is 10.6. The SMILES string of the molecule is CCCCCC(=O)Nc1ccc(-c2ccnc(Nc3cccc(SN)c3)n2)cc1. The zero-order valence-electron chi connectivity index (χ0n) is 16.4. The lowest BCUT2D eigenvalue weighted by Crippen LogP contribution is -2.10. The molecule has 3 aromatic rings. The summed E-state index contributed by atoms with van der Waals surface area (Å²) in [6.45, 7) is 2.13. The van der Waals surface area contributed by atoms with E-state index in [-0.39, 0.29) is 5.91 Å². The van der Waals surface area contributed by atoms with Gasteiger partial charge in [0.15, 0.2) is 0 Å². The maximum absolute atomic E-state index is 12.0. The molecular formula is C22H25N5OS. The molecule has 0 saturated carbocycles. The highest BCUT2D eigenvalue weighted by Gasteiger charge is 2.06. The molecule has 0 saturated heterocycles. The maximum atomic E-state index is 12.0. The first kappa shape index (κ1) is 20.8. The quantitative estimate of drug-likeness (QED) is 0.326. The van der Waals surface area contributed by atoms with E-state index in [1.165, 1.54) is 11.9 Å². The molecule has 0 atom stereocenters. The molecule has 3 rings (SSSR count). The molecular weight excluding hydrogens is 382 g/mol. The summed E-state index contributed by atoms with van der Waals surface area (Å²) in [5.74, 6) is 0.563. The van der Waals surface area contributed by atoms with Crippen LogP contribution in [0.25, 0.3) is 11.3 Å². The molecule has 0 spiro atoms. The van der Waals surface area contributed by atoms with E-state index in [1.54, 1.807) is 6.20 Å². The predicted octanol–water partition coefficient (Wildman–Crippen LogP) is 5.37. The minimum atomic E-state index is 0.0533. The molecule has 1 amide bonds. The fraction of sp³-hybridized carbons (Fsp3) is 0.227. The number of amides is 1. The number of nitrogens with zero attached hydrogens (tertiary/aromatic N) is 2. The van der Waals surface area contributed by atoms with E-state index in [4.69, 9.17) is 5.14 Å². The lowest BCUT2D eigenvalue weighted by Gasteiger charge is -2.09. The van der Waals surface area contributed by atoms with Crippen LogP contribution in [-0.2, 0) is 4.79 Å². The Balaban J connectivity index is 1.66. The van der Waals surface area contributed by atoms with Gasteiger partial charge in [-0.15, -0.1) is 0 Å². The number of hydrogen-bond donors (Lipinski definition) is 3. The molecule has 0 fully saturated rings. The second-order valence-corrected chi connectivity index (χ2v) is 7.33. The molecule has 4 N–H and O–H groups in total. The number of rotatable bonds is 9. The first-order valence-corrected chi connectivity index (χ1v) is 10.5. The van der Waals surface area contributed by atoms with Crippen LogP contribution in [0.2, 0.25) is 0 Å². The van der Waals surface area contributed by atoms with Crippen molar-refractivity contribution in [3.05, 3.63) is 60.8 Å². The van der Waals surface area contributed by atoms with Gasteiger partial charge in [-0.3, -0.25) is 9.93 Å². The molecule has 0 aliphatic carbocycles. The minimum absolute atomic E-state index is 0.0533. The second kappa shape index (κ2) is 10.6. The van der Waals surface area contributed by atoms with Crippen LogP contribution in [0, 0.1) is 0 Å². The van der Waals surface area contributed by atoms with Crippen molar-refractivity contribution in [2.24, 2.45) is 5.14 Å². The average molecular weight is 408 g/mol. The van der Waals surface area contributed by atoms with Crippen molar-refractivity contribution in [3.63, 3.8) is 0 Å². The monoisotopic (exact) mass is 407 g/mol. The number of carbonyl (C=O) groups excluding carboxylic acids is 1. The molecule has 29 heavy (non-hydrogen) atoms. The summed E-state index contributed by atoms with van der Waals surface area (Å²) < 4.78 is 0. The van der Waals surface area contributed by atoms with E-state index in [2.05, 4.69) is 27.5 Å². The lowest BCUT2D eigenvalue weighted by atomic mass is 10.1. The number of unbranched alkanes of at least 4 members (excludes halogenated alkanes) is 2. The molecule has 0 bridgehead atoms. The molecule has 0 radical (unpaired) electrons. The standard InChI is InChI=1S/C22H25N5OS/c1-2-3-4-8-21(28)25-17-11-9-16(10-12-17)20-13-14-24-22(27-20)26-18-6-5-7-19(15-18)29-23/h5-7,9-15H,2-4,8,23H2,1H3,(H,25,28)(H,24,26,27). The van der Waals surface area contributed by atoms with Crippen molar-refractivity contribution in [3.8, 4) is 11.3 Å². The highest BCUT2D eigenvalue weighted by Crippen LogP contribution is 2.23. The van der Waals surface area contributed by atoms with Crippen LogP contribution in [0.1, 0.15) is 32.6 Å². The Labute approximate surface area is 175 Å². The maximum Gasteiger partial charge on any atom is 0.227 e. The van der Waals surface area contributed by atoms with Gasteiger partial charge in [-0.25, -0.2) is 9.97 Å². The van der Waals surface area contributed by atoms with Gasteiger partial charge in [-0.05, 0) is 54.8 Å². The fourth-order valence-electron chi connectivity index (χ4n) is 2.84. The Bertz CT molecular complexity index is 946. The third-order valence-corrected chi connectivity index (χ3v) is 4.88. The van der Waals surface area contributed by atoms with Gasteiger partial charge >= 0.3 is 0 Å². The van der Waals surface area contributed by atoms with Crippen LogP contribution in [0.15, 0.2) is 65.7 Å². The molecule has 0 aliphatic heterocycles. The van der Waals surface area contributed by atoms with Gasteiger partial charge in [0.1, 0.15) is 0 Å². The first-order valence-electron chi connectivity index (χ1n) is 9.65. The molecule has 1 aromatic heterocycles. The van der Waals surface area contributed by atoms with Crippen LogP contribution >= 0.6 is 11.9 Å². The highest BCUT2D eigenvalue weighted by atomic mass is 32.2. The number of anilines is 3. The zero-order valence-corrected chi connectivity index (χ0v) is 17.2. The third kappa shape index (κ3) is 6.30. The van der Waals surface area contributed by atoms with Gasteiger partial charge in [0.2, 0.25) is 11.9 Å². The highest BCUT2D eigenvalue weighted by molar-refractivity contribution is 7.97. The smallest absolute Gasteiger partial charge is 0.227 e. The van der Waals surface area contributed by atoms with Gasteiger partial charge in [0.25, 0.3) is 0 Å². The van der Waals surface area contributed by atoms with Crippen LogP contribution in [0.5, 0.6) is 0 Å². The van der Waals surface area contributed by atoms with E-state index < -0.39 is 0 Å². The lowest BCUT2D eigenvalue weighted by molar-refractivity contribution is -0.116. The van der Waals surface area contributed by atoms with Gasteiger partial charge in [-0.1, -0.05) is 38.0 Å². The molecule has 0 unspecified atom stereocenters. The molecule has 2 aromatic carbocycles. The Hall–Kier alpha value is -2.90. The van der Waals surface area contributed by atoms with Crippen molar-refractivity contribution >= 4 is 35.2 Å². The Kier molecular flexibility index (Phi) is 7.61. The topological polar surface area (TPSA) is 92.9 Å². The van der Waals surface area contributed by atoms with Crippen LogP contribution in [0.3, 0.4) is 0 Å². The Morgan fingerprint density at radius 2 is 1.90 bits per heavy atom. The summed E-state index contributed by atoms with van der Waals surface area (Å²) in [5, 5.41) is 11.8. The number of hydrogen-bond acceptors (Lipinski definition) is 6. The largest absolute Gasteiger partial charge is 0.326 e. The van der Waals surface area contributed by atoms with Gasteiger partial charge in [-0.2, -0.15) is 0 Å². The van der Waals surface area contributed by atoms with Crippen molar-refractivity contribution in [2.45, 2.75) is 37.5 Å². The summed E-state index contributed by atoms with van der Waals surface area (Å²) in [4.78, 5) is 21.8. The summed E-state index contributed by atoms with van der Waals surface area (Å²) >= 11 is 1.19. The second-order valence-electron chi connectivity index (χ2n) is 6.62. The van der Waals surface area contributed by atoms with E-state index in [9.17, 15) is 4.79 Å². The zero-order chi connectivity index (χ0) is 20.5. The number of benzene rings is 2. The Morgan fingerprint density at radius 3 is 2.66 bits per heavy atom. The minimum Gasteiger partial charge on any atom is -0.326 e. The van der Waals surface area contributed by atoms with E-state index in [1.807, 2.05) is 54.6 Å². The van der Waals surface area contributed by atoms with Crippen molar-refractivity contribution in [1.29, 1.82) is 0 Å². The summed E-state index contributed by atoms with van der Waals surface area (Å²) in [6, 6.07) is 17.3. The third-order valence-electron chi connectivity index (χ3n) is 4.35. The van der Waals surface area contributed by atoms with Crippen LogP contribution < -0.4 is 15.8 Å². The average Bonchev–Trinajstić information content (AvgIpc) is 2.75. The van der Waals surface area contributed by atoms with E-state index in [0.29, 0.717) is 12.4 Å². The number of carbonyl (C=O) groups is 1. The summed E-state index contributed by atoms with van der Waals surface area (Å²) in [6.07, 6.45) is 5.38. The Morgan fingerprint density at radius 1 is 1.07 bits per heavy atom. The number of nitrogens with one attached hydrogen (secondary N) is 2. The van der Waals surface area contributed by atoms with Crippen molar-refractivity contribution in [2.75, 3.05) is 10.6 Å². The molecule has 1 heterocycles. The van der Waals surface area contributed by atoms with Crippen molar-refractivity contribution < 1.29 is 4.79 Å². The first-order chi connectivity index (χ1) is 14.2. The number of aromatic nitrogens is 2. The van der Waals surface area contributed by atoms with Gasteiger partial charge in [0, 0.05) is 34.5 Å². The fourth-order valence-corrected chi connectivity index (χ4v) is 3.19. The van der Waals surface area contributed by atoms with Crippen molar-refractivity contribution in [1.82, 2.24) is 9.97 Å². The molecule has 6 nitrogen and oxygen atoms in total. The molecule has 150 valence electrons. The number of nitrogens with two attached hydrogens (primary N) is 1. The van der Waals surface area contributed by atoms with Crippen LogP contribution in [-0.4, -0.2) is 15.9 Å². The van der Waals surface area contributed by atoms with Gasteiger partial charge < -0.3 is 10.6 Å².